The summed E-state index contributed by atoms with van der Waals surface area (Å²) in [7, 11) is 0. The van der Waals surface area contributed by atoms with E-state index in [1.807, 2.05) is 6.21 Å². The zero-order valence-corrected chi connectivity index (χ0v) is 10.1. The van der Waals surface area contributed by atoms with Gasteiger partial charge in [-0.15, -0.1) is 0 Å². The van der Waals surface area contributed by atoms with Crippen LogP contribution in [0.5, 0.6) is 0 Å². The minimum atomic E-state index is 0.0693. The maximum atomic E-state index is 5.85. The first-order chi connectivity index (χ1) is 7.09. The molecular weight excluding hydrogens is 186 g/mol. The molecule has 0 aromatic heterocycles. The van der Waals surface area contributed by atoms with Crippen LogP contribution in [0.25, 0.3) is 0 Å². The molecule has 0 radical (unpaired) electrons. The average Bonchev–Trinajstić information content (AvgIpc) is 2.57. The second kappa shape index (κ2) is 3.75. The van der Waals surface area contributed by atoms with Gasteiger partial charge in [-0.05, 0) is 17.9 Å². The Morgan fingerprint density at radius 2 is 1.93 bits per heavy atom. The Morgan fingerprint density at radius 3 is 2.53 bits per heavy atom. The summed E-state index contributed by atoms with van der Waals surface area (Å²) in [5.41, 5.74) is 0.263. The normalized spacial score (nSPS) is 32.7. The number of dihydropyridines is 1. The molecule has 0 aliphatic carbocycles. The van der Waals surface area contributed by atoms with E-state index in [4.69, 9.17) is 4.74 Å². The minimum absolute atomic E-state index is 0.0693. The zero-order chi connectivity index (χ0) is 11.1. The molecule has 15 heavy (non-hydrogen) atoms. The lowest BCUT2D eigenvalue weighted by molar-refractivity contribution is 0.0584. The van der Waals surface area contributed by atoms with Crippen molar-refractivity contribution in [2.75, 3.05) is 6.61 Å². The SMILES string of the molecule is CC(C)C1(C(C)C)COC2N=CC=CC21. The predicted molar refractivity (Wildman–Crippen MR) is 63.0 cm³/mol. The minimum Gasteiger partial charge on any atom is -0.355 e. The van der Waals surface area contributed by atoms with Crippen molar-refractivity contribution in [3.63, 3.8) is 0 Å². The fourth-order valence-electron chi connectivity index (χ4n) is 3.18. The Morgan fingerprint density at radius 1 is 1.27 bits per heavy atom. The van der Waals surface area contributed by atoms with Crippen LogP contribution in [0.2, 0.25) is 0 Å². The van der Waals surface area contributed by atoms with E-state index in [0.717, 1.165) is 6.61 Å². The quantitative estimate of drug-likeness (QED) is 0.682. The first-order valence-electron chi connectivity index (χ1n) is 5.90. The fraction of sp³-hybridized carbons (Fsp3) is 0.769. The fourth-order valence-corrected chi connectivity index (χ4v) is 3.18. The van der Waals surface area contributed by atoms with E-state index >= 15 is 0 Å². The average molecular weight is 207 g/mol. The number of fused-ring (bicyclic) bond motifs is 1. The van der Waals surface area contributed by atoms with E-state index in [9.17, 15) is 0 Å². The van der Waals surface area contributed by atoms with Gasteiger partial charge < -0.3 is 4.74 Å². The summed E-state index contributed by atoms with van der Waals surface area (Å²) in [6.07, 6.45) is 6.28. The number of rotatable bonds is 2. The Kier molecular flexibility index (Phi) is 2.72. The summed E-state index contributed by atoms with van der Waals surface area (Å²) in [4.78, 5) is 4.42. The second-order valence-electron chi connectivity index (χ2n) is 5.33. The van der Waals surface area contributed by atoms with E-state index in [1.165, 1.54) is 0 Å². The van der Waals surface area contributed by atoms with Crippen molar-refractivity contribution in [1.82, 2.24) is 0 Å². The predicted octanol–water partition coefficient (Wildman–Crippen LogP) is 2.90. The summed E-state index contributed by atoms with van der Waals surface area (Å²) in [6.45, 7) is 10.1. The highest BCUT2D eigenvalue weighted by Crippen LogP contribution is 2.51. The molecule has 0 spiro atoms. The standard InChI is InChI=1S/C13H21NO/c1-9(2)13(10(3)4)8-15-12-11(13)6-5-7-14-12/h5-7,9-12H,8H2,1-4H3. The lowest BCUT2D eigenvalue weighted by Crippen LogP contribution is -2.41. The highest BCUT2D eigenvalue weighted by Gasteiger charge is 2.52. The van der Waals surface area contributed by atoms with Crippen molar-refractivity contribution in [3.05, 3.63) is 12.2 Å². The first-order valence-corrected chi connectivity index (χ1v) is 5.90. The third-order valence-corrected chi connectivity index (χ3v) is 4.22. The molecule has 2 heterocycles. The van der Waals surface area contributed by atoms with Crippen LogP contribution in [0.3, 0.4) is 0 Å². The van der Waals surface area contributed by atoms with Crippen molar-refractivity contribution in [2.45, 2.75) is 33.9 Å². The van der Waals surface area contributed by atoms with Gasteiger partial charge in [-0.1, -0.05) is 33.8 Å². The second-order valence-corrected chi connectivity index (χ2v) is 5.33. The highest BCUT2D eigenvalue weighted by atomic mass is 16.5. The van der Waals surface area contributed by atoms with Gasteiger partial charge in [0, 0.05) is 17.5 Å². The van der Waals surface area contributed by atoms with Crippen LogP contribution in [0.4, 0.5) is 0 Å². The molecule has 84 valence electrons. The monoisotopic (exact) mass is 207 g/mol. The summed E-state index contributed by atoms with van der Waals surface area (Å²) in [6, 6.07) is 0. The topological polar surface area (TPSA) is 21.6 Å². The van der Waals surface area contributed by atoms with Crippen molar-refractivity contribution in [3.8, 4) is 0 Å². The molecule has 2 atom stereocenters. The maximum absolute atomic E-state index is 5.85. The van der Waals surface area contributed by atoms with Crippen LogP contribution >= 0.6 is 0 Å². The van der Waals surface area contributed by atoms with E-state index in [0.29, 0.717) is 17.8 Å². The van der Waals surface area contributed by atoms with Crippen molar-refractivity contribution in [1.29, 1.82) is 0 Å². The van der Waals surface area contributed by atoms with Crippen LogP contribution in [0.15, 0.2) is 17.1 Å². The molecule has 2 unspecified atom stereocenters. The van der Waals surface area contributed by atoms with E-state index in [2.05, 4.69) is 44.8 Å². The third kappa shape index (κ3) is 1.46. The molecule has 0 amide bonds. The van der Waals surface area contributed by atoms with Crippen LogP contribution in [-0.2, 0) is 4.74 Å². The summed E-state index contributed by atoms with van der Waals surface area (Å²) >= 11 is 0. The Hall–Kier alpha value is -0.630. The Balaban J connectivity index is 2.34. The van der Waals surface area contributed by atoms with Crippen molar-refractivity contribution in [2.24, 2.45) is 28.2 Å². The molecule has 1 saturated heterocycles. The molecule has 2 rings (SSSR count). The van der Waals surface area contributed by atoms with Gasteiger partial charge in [0.2, 0.25) is 0 Å². The maximum Gasteiger partial charge on any atom is 0.155 e. The van der Waals surface area contributed by atoms with E-state index in [-0.39, 0.29) is 11.6 Å². The smallest absolute Gasteiger partial charge is 0.155 e. The number of ether oxygens (including phenoxy) is 1. The van der Waals surface area contributed by atoms with Crippen molar-refractivity contribution >= 4 is 6.21 Å². The zero-order valence-electron chi connectivity index (χ0n) is 10.1. The van der Waals surface area contributed by atoms with E-state index in [1.54, 1.807) is 0 Å². The molecule has 0 aromatic rings. The van der Waals surface area contributed by atoms with Crippen LogP contribution in [-0.4, -0.2) is 19.0 Å². The van der Waals surface area contributed by atoms with Gasteiger partial charge in [0.1, 0.15) is 0 Å². The van der Waals surface area contributed by atoms with Crippen molar-refractivity contribution < 1.29 is 4.74 Å². The van der Waals surface area contributed by atoms with Gasteiger partial charge in [0.15, 0.2) is 6.23 Å². The van der Waals surface area contributed by atoms with Gasteiger partial charge in [-0.25, -0.2) is 0 Å². The van der Waals surface area contributed by atoms with Crippen LogP contribution in [0, 0.1) is 23.2 Å². The molecule has 2 heteroatoms. The Labute approximate surface area is 92.4 Å². The summed E-state index contributed by atoms with van der Waals surface area (Å²) in [5, 5.41) is 0. The molecule has 2 aliphatic rings. The summed E-state index contributed by atoms with van der Waals surface area (Å²) in [5.74, 6) is 1.72. The largest absolute Gasteiger partial charge is 0.355 e. The molecule has 0 N–H and O–H groups in total. The number of hydrogen-bond acceptors (Lipinski definition) is 2. The molecule has 0 saturated carbocycles. The first kappa shape index (κ1) is 10.9. The molecular formula is C13H21NO. The van der Waals surface area contributed by atoms with Crippen LogP contribution < -0.4 is 0 Å². The van der Waals surface area contributed by atoms with E-state index < -0.39 is 0 Å². The summed E-state index contributed by atoms with van der Waals surface area (Å²) < 4.78 is 5.85. The lowest BCUT2D eigenvalue weighted by Gasteiger charge is -2.41. The molecule has 1 fully saturated rings. The third-order valence-electron chi connectivity index (χ3n) is 4.22. The molecule has 0 bridgehead atoms. The number of aliphatic imine (C=N–C) groups is 1. The molecule has 0 aromatic carbocycles. The van der Waals surface area contributed by atoms with Gasteiger partial charge >= 0.3 is 0 Å². The number of nitrogens with zero attached hydrogens (tertiary/aromatic N) is 1. The molecule has 2 nitrogen and oxygen atoms in total. The lowest BCUT2D eigenvalue weighted by atomic mass is 9.62. The Bertz CT molecular complexity index is 283. The number of allylic oxidation sites excluding steroid dienone is 1. The van der Waals surface area contributed by atoms with Gasteiger partial charge in [-0.2, -0.15) is 0 Å². The van der Waals surface area contributed by atoms with Gasteiger partial charge in [-0.3, -0.25) is 4.99 Å². The van der Waals surface area contributed by atoms with Gasteiger partial charge in [0.25, 0.3) is 0 Å². The highest BCUT2D eigenvalue weighted by molar-refractivity contribution is 5.72. The number of hydrogen-bond donors (Lipinski definition) is 0. The van der Waals surface area contributed by atoms with Crippen LogP contribution in [0.1, 0.15) is 27.7 Å². The van der Waals surface area contributed by atoms with Gasteiger partial charge in [0.05, 0.1) is 6.61 Å². The molecule has 2 aliphatic heterocycles.